The van der Waals surface area contributed by atoms with E-state index in [1.165, 1.54) is 13.1 Å². The van der Waals surface area contributed by atoms with Crippen molar-refractivity contribution >= 4 is 22.6 Å². The molecule has 144 valence electrons. The van der Waals surface area contributed by atoms with Gasteiger partial charge < -0.3 is 25.0 Å². The molecule has 1 aliphatic heterocycles. The van der Waals surface area contributed by atoms with Crippen LogP contribution in [0.1, 0.15) is 41.7 Å². The van der Waals surface area contributed by atoms with Crippen molar-refractivity contribution in [1.82, 2.24) is 9.88 Å². The van der Waals surface area contributed by atoms with Gasteiger partial charge in [0, 0.05) is 36.9 Å². The summed E-state index contributed by atoms with van der Waals surface area (Å²) in [6.45, 7) is 4.34. The Morgan fingerprint density at radius 1 is 1.37 bits per heavy atom. The number of carboxylic acid groups (broad SMARTS) is 1. The fraction of sp³-hybridized carbons (Fsp3) is 0.474. The topological polar surface area (TPSA) is 94.8 Å². The highest BCUT2D eigenvalue weighted by Gasteiger charge is 2.32. The first-order valence-corrected chi connectivity index (χ1v) is 9.10. The first-order valence-electron chi connectivity index (χ1n) is 9.10. The number of aromatic nitrogens is 1. The number of piperazine rings is 1. The zero-order chi connectivity index (χ0) is 19.5. The standard InChI is InChI=1S/C19H22FN3O4/c1-9-15-13(23(11-3-4-11)8-12(17(15)24)19(26)27)7-14(16(9)20)22-6-5-21-10(2)18(22)25/h7-8,10-11,18,21,25H,3-6H2,1-2H3,(H,26,27). The van der Waals surface area contributed by atoms with E-state index in [2.05, 4.69) is 5.32 Å². The van der Waals surface area contributed by atoms with Gasteiger partial charge in [0.2, 0.25) is 5.43 Å². The van der Waals surface area contributed by atoms with Gasteiger partial charge in [-0.05, 0) is 32.8 Å². The minimum absolute atomic E-state index is 0.0979. The SMILES string of the molecule is Cc1c(F)c(N2CCNC(C)C2O)cc2c1c(=O)c(C(=O)O)cn2C1CC1. The van der Waals surface area contributed by atoms with Crippen molar-refractivity contribution in [2.24, 2.45) is 0 Å². The number of aliphatic hydroxyl groups is 1. The van der Waals surface area contributed by atoms with Crippen LogP contribution in [0.4, 0.5) is 10.1 Å². The number of halogens is 1. The molecule has 2 fully saturated rings. The summed E-state index contributed by atoms with van der Waals surface area (Å²) in [6.07, 6.45) is 2.24. The lowest BCUT2D eigenvalue weighted by Gasteiger charge is -2.39. The molecule has 0 bridgehead atoms. The zero-order valence-corrected chi connectivity index (χ0v) is 15.2. The number of nitrogens with one attached hydrogen (secondary N) is 1. The number of hydrogen-bond donors (Lipinski definition) is 3. The molecule has 0 amide bonds. The number of aliphatic hydroxyl groups excluding tert-OH is 1. The van der Waals surface area contributed by atoms with Crippen LogP contribution in [0.25, 0.3) is 10.9 Å². The predicted molar refractivity (Wildman–Crippen MR) is 99.0 cm³/mol. The number of anilines is 1. The van der Waals surface area contributed by atoms with Gasteiger partial charge in [-0.15, -0.1) is 0 Å². The van der Waals surface area contributed by atoms with Gasteiger partial charge in [0.15, 0.2) is 0 Å². The molecule has 0 spiro atoms. The molecule has 4 rings (SSSR count). The minimum Gasteiger partial charge on any atom is -0.477 e. The van der Waals surface area contributed by atoms with Crippen LogP contribution >= 0.6 is 0 Å². The third kappa shape index (κ3) is 2.80. The van der Waals surface area contributed by atoms with Gasteiger partial charge in [-0.1, -0.05) is 0 Å². The number of rotatable bonds is 3. The Balaban J connectivity index is 2.00. The van der Waals surface area contributed by atoms with E-state index in [9.17, 15) is 19.8 Å². The van der Waals surface area contributed by atoms with E-state index in [-0.39, 0.29) is 34.3 Å². The maximum Gasteiger partial charge on any atom is 0.341 e. The molecule has 27 heavy (non-hydrogen) atoms. The quantitative estimate of drug-likeness (QED) is 0.754. The van der Waals surface area contributed by atoms with Crippen molar-refractivity contribution < 1.29 is 19.4 Å². The van der Waals surface area contributed by atoms with Crippen molar-refractivity contribution in [3.8, 4) is 0 Å². The average Bonchev–Trinajstić information content (AvgIpc) is 3.45. The van der Waals surface area contributed by atoms with E-state index < -0.39 is 23.4 Å². The number of aromatic carboxylic acids is 1. The summed E-state index contributed by atoms with van der Waals surface area (Å²) in [5, 5.41) is 23.1. The fourth-order valence-electron chi connectivity index (χ4n) is 3.85. The number of aryl methyl sites for hydroxylation is 1. The number of fused-ring (bicyclic) bond motifs is 1. The zero-order valence-electron chi connectivity index (χ0n) is 15.2. The Labute approximate surface area is 155 Å². The highest BCUT2D eigenvalue weighted by atomic mass is 19.1. The van der Waals surface area contributed by atoms with Gasteiger partial charge in [-0.2, -0.15) is 0 Å². The van der Waals surface area contributed by atoms with Crippen molar-refractivity contribution in [3.05, 3.63) is 39.4 Å². The predicted octanol–water partition coefficient (Wildman–Crippen LogP) is 1.60. The van der Waals surface area contributed by atoms with E-state index in [0.29, 0.717) is 18.6 Å². The molecular weight excluding hydrogens is 353 g/mol. The molecule has 8 heteroatoms. The molecule has 7 nitrogen and oxygen atoms in total. The minimum atomic E-state index is -1.31. The molecule has 2 atom stereocenters. The lowest BCUT2D eigenvalue weighted by molar-refractivity contribution is 0.0695. The van der Waals surface area contributed by atoms with E-state index in [1.807, 2.05) is 6.92 Å². The molecule has 1 saturated carbocycles. The highest BCUT2D eigenvalue weighted by molar-refractivity contribution is 5.95. The highest BCUT2D eigenvalue weighted by Crippen LogP contribution is 2.39. The van der Waals surface area contributed by atoms with Crippen LogP contribution < -0.4 is 15.6 Å². The first kappa shape index (κ1) is 17.9. The third-order valence-electron chi connectivity index (χ3n) is 5.54. The molecule has 0 radical (unpaired) electrons. The van der Waals surface area contributed by atoms with E-state index in [4.69, 9.17) is 0 Å². The van der Waals surface area contributed by atoms with Crippen LogP contribution in [0.15, 0.2) is 17.1 Å². The van der Waals surface area contributed by atoms with Gasteiger partial charge in [0.1, 0.15) is 17.6 Å². The second-order valence-corrected chi connectivity index (χ2v) is 7.39. The van der Waals surface area contributed by atoms with Crippen LogP contribution in [0.5, 0.6) is 0 Å². The maximum atomic E-state index is 15.2. The van der Waals surface area contributed by atoms with Crippen molar-refractivity contribution in [3.63, 3.8) is 0 Å². The summed E-state index contributed by atoms with van der Waals surface area (Å²) in [4.78, 5) is 25.8. The molecule has 1 aromatic carbocycles. The third-order valence-corrected chi connectivity index (χ3v) is 5.54. The van der Waals surface area contributed by atoms with Crippen LogP contribution in [-0.4, -0.2) is 46.1 Å². The largest absolute Gasteiger partial charge is 0.477 e. The van der Waals surface area contributed by atoms with Crippen molar-refractivity contribution in [2.75, 3.05) is 18.0 Å². The molecule has 2 aliphatic rings. The number of carbonyl (C=O) groups is 1. The van der Waals surface area contributed by atoms with Crippen LogP contribution in [-0.2, 0) is 0 Å². The lowest BCUT2D eigenvalue weighted by atomic mass is 10.0. The van der Waals surface area contributed by atoms with Crippen molar-refractivity contribution in [2.45, 2.75) is 45.0 Å². The van der Waals surface area contributed by atoms with Crippen LogP contribution in [0.3, 0.4) is 0 Å². The Morgan fingerprint density at radius 2 is 2.07 bits per heavy atom. The molecular formula is C19H22FN3O4. The molecule has 3 N–H and O–H groups in total. The Hall–Kier alpha value is -2.45. The fourth-order valence-corrected chi connectivity index (χ4v) is 3.85. The normalized spacial score (nSPS) is 23.0. The monoisotopic (exact) mass is 375 g/mol. The number of carboxylic acids is 1. The molecule has 2 aromatic rings. The van der Waals surface area contributed by atoms with Crippen LogP contribution in [0.2, 0.25) is 0 Å². The van der Waals surface area contributed by atoms with E-state index in [1.54, 1.807) is 15.5 Å². The van der Waals surface area contributed by atoms with Gasteiger partial charge >= 0.3 is 5.97 Å². The Bertz CT molecular complexity index is 999. The number of pyridine rings is 1. The van der Waals surface area contributed by atoms with Crippen LogP contribution in [0, 0.1) is 12.7 Å². The summed E-state index contributed by atoms with van der Waals surface area (Å²) in [5.41, 5.74) is -0.159. The number of nitrogens with zero attached hydrogens (tertiary/aromatic N) is 2. The summed E-state index contributed by atoms with van der Waals surface area (Å²) in [7, 11) is 0. The lowest BCUT2D eigenvalue weighted by Crippen LogP contribution is -2.57. The van der Waals surface area contributed by atoms with E-state index >= 15 is 4.39 Å². The summed E-state index contributed by atoms with van der Waals surface area (Å²) in [6, 6.07) is 1.45. The van der Waals surface area contributed by atoms with Gasteiger partial charge in [-0.25, -0.2) is 9.18 Å². The Morgan fingerprint density at radius 3 is 2.70 bits per heavy atom. The second-order valence-electron chi connectivity index (χ2n) is 7.39. The molecule has 1 saturated heterocycles. The molecule has 1 aliphatic carbocycles. The molecule has 1 aromatic heterocycles. The van der Waals surface area contributed by atoms with Gasteiger partial charge in [-0.3, -0.25) is 4.79 Å². The summed E-state index contributed by atoms with van der Waals surface area (Å²) >= 11 is 0. The Kier molecular flexibility index (Phi) is 4.20. The van der Waals surface area contributed by atoms with Gasteiger partial charge in [0.25, 0.3) is 0 Å². The summed E-state index contributed by atoms with van der Waals surface area (Å²) in [5.74, 6) is -1.91. The summed E-state index contributed by atoms with van der Waals surface area (Å²) < 4.78 is 17.0. The second kappa shape index (κ2) is 6.31. The molecule has 2 unspecified atom stereocenters. The number of benzene rings is 1. The van der Waals surface area contributed by atoms with Gasteiger partial charge in [0.05, 0.1) is 16.6 Å². The first-order chi connectivity index (χ1) is 12.8. The van der Waals surface area contributed by atoms with Crippen molar-refractivity contribution in [1.29, 1.82) is 0 Å². The molecule has 2 heterocycles. The smallest absolute Gasteiger partial charge is 0.341 e. The van der Waals surface area contributed by atoms with E-state index in [0.717, 1.165) is 12.8 Å². The maximum absolute atomic E-state index is 15.2. The average molecular weight is 375 g/mol. The number of hydrogen-bond acceptors (Lipinski definition) is 5.